The van der Waals surface area contributed by atoms with Crippen molar-refractivity contribution in [3.63, 3.8) is 0 Å². The van der Waals surface area contributed by atoms with Crippen molar-refractivity contribution in [3.05, 3.63) is 40.5 Å². The number of hydrogen-bond donors (Lipinski definition) is 1. The molecule has 1 N–H and O–H groups in total. The summed E-state index contributed by atoms with van der Waals surface area (Å²) in [7, 11) is 0. The number of aliphatic hydroxyl groups is 1. The van der Waals surface area contributed by atoms with E-state index in [0.29, 0.717) is 5.92 Å². The molecule has 1 aromatic rings. The molecule has 17 heavy (non-hydrogen) atoms. The van der Waals surface area contributed by atoms with E-state index in [1.807, 2.05) is 30.3 Å². The van der Waals surface area contributed by atoms with Crippen LogP contribution < -0.4 is 0 Å². The van der Waals surface area contributed by atoms with Gasteiger partial charge in [0, 0.05) is 23.8 Å². The van der Waals surface area contributed by atoms with Gasteiger partial charge < -0.3 is 10.0 Å². The largest absolute Gasteiger partial charge is 0.387 e. The van der Waals surface area contributed by atoms with Crippen molar-refractivity contribution in [2.75, 3.05) is 13.1 Å². The van der Waals surface area contributed by atoms with Crippen molar-refractivity contribution < 1.29 is 5.11 Å². The molecule has 0 radical (unpaired) electrons. The molecule has 2 bridgehead atoms. The lowest BCUT2D eigenvalue weighted by atomic mass is 9.83. The van der Waals surface area contributed by atoms with Crippen LogP contribution in [0.15, 0.2) is 30.0 Å². The van der Waals surface area contributed by atoms with Gasteiger partial charge in [-0.15, -0.1) is 0 Å². The average Bonchev–Trinajstić information content (AvgIpc) is 2.36. The van der Waals surface area contributed by atoms with Crippen molar-refractivity contribution in [2.24, 2.45) is 5.92 Å². The molecule has 0 unspecified atom stereocenters. The van der Waals surface area contributed by atoms with Crippen molar-refractivity contribution >= 4 is 17.7 Å². The molecule has 3 aliphatic heterocycles. The van der Waals surface area contributed by atoms with Crippen LogP contribution in [0.1, 0.15) is 18.4 Å². The first-order valence-corrected chi connectivity index (χ1v) is 6.52. The molecule has 4 rings (SSSR count). The molecule has 1 atom stereocenters. The van der Waals surface area contributed by atoms with Gasteiger partial charge in [-0.05, 0) is 36.5 Å². The number of benzene rings is 1. The van der Waals surface area contributed by atoms with Gasteiger partial charge in [0.25, 0.3) is 0 Å². The van der Waals surface area contributed by atoms with Crippen molar-refractivity contribution in [1.29, 1.82) is 0 Å². The van der Waals surface area contributed by atoms with E-state index in [-0.39, 0.29) is 6.10 Å². The molecule has 2 nitrogen and oxygen atoms in total. The molecule has 3 fully saturated rings. The summed E-state index contributed by atoms with van der Waals surface area (Å²) in [5, 5.41) is 11.0. The number of nitrogens with zero attached hydrogens (tertiary/aromatic N) is 1. The zero-order valence-corrected chi connectivity index (χ0v) is 10.4. The maximum atomic E-state index is 10.3. The summed E-state index contributed by atoms with van der Waals surface area (Å²) < 4.78 is 0. The molecule has 0 aliphatic carbocycles. The first kappa shape index (κ1) is 11.1. The van der Waals surface area contributed by atoms with Crippen LogP contribution >= 0.6 is 11.6 Å². The zero-order chi connectivity index (χ0) is 11.8. The molecular formula is C14H16ClNO. The quantitative estimate of drug-likeness (QED) is 0.827. The minimum absolute atomic E-state index is 0.311. The maximum absolute atomic E-state index is 10.3. The van der Waals surface area contributed by atoms with E-state index in [4.69, 9.17) is 11.6 Å². The predicted molar refractivity (Wildman–Crippen MR) is 69.7 cm³/mol. The van der Waals surface area contributed by atoms with Crippen LogP contribution in [0.4, 0.5) is 0 Å². The zero-order valence-electron chi connectivity index (χ0n) is 9.64. The van der Waals surface area contributed by atoms with E-state index in [1.54, 1.807) is 0 Å². The van der Waals surface area contributed by atoms with E-state index >= 15 is 0 Å². The summed E-state index contributed by atoms with van der Waals surface area (Å²) in [4.78, 5) is 2.29. The summed E-state index contributed by atoms with van der Waals surface area (Å²) in [5.74, 6) is 0.439. The summed E-state index contributed by atoms with van der Waals surface area (Å²) in [6.45, 7) is 2.13. The van der Waals surface area contributed by atoms with E-state index < -0.39 is 0 Å². The number of aliphatic hydroxyl groups excluding tert-OH is 1. The Morgan fingerprint density at radius 1 is 1.24 bits per heavy atom. The van der Waals surface area contributed by atoms with E-state index in [9.17, 15) is 5.11 Å². The van der Waals surface area contributed by atoms with Gasteiger partial charge in [-0.3, -0.25) is 0 Å². The summed E-state index contributed by atoms with van der Waals surface area (Å²) in [6, 6.07) is 7.78. The Kier molecular flexibility index (Phi) is 2.85. The molecule has 90 valence electrons. The fraction of sp³-hybridized carbons (Fsp3) is 0.429. The number of hydrogen-bond acceptors (Lipinski definition) is 2. The van der Waals surface area contributed by atoms with Gasteiger partial charge in [0.2, 0.25) is 0 Å². The Bertz CT molecular complexity index is 445. The molecule has 0 spiro atoms. The Hall–Kier alpha value is -0.990. The highest BCUT2D eigenvalue weighted by molar-refractivity contribution is 6.32. The third-order valence-electron chi connectivity index (χ3n) is 3.86. The first-order chi connectivity index (χ1) is 8.25. The highest BCUT2D eigenvalue weighted by atomic mass is 35.5. The molecule has 1 aromatic carbocycles. The Labute approximate surface area is 107 Å². The number of fused-ring (bicyclic) bond motifs is 3. The van der Waals surface area contributed by atoms with Crippen LogP contribution in [0.25, 0.3) is 6.08 Å². The topological polar surface area (TPSA) is 23.5 Å². The third-order valence-corrected chi connectivity index (χ3v) is 4.21. The average molecular weight is 250 g/mol. The van der Waals surface area contributed by atoms with Crippen molar-refractivity contribution in [1.82, 2.24) is 4.90 Å². The predicted octanol–water partition coefficient (Wildman–Crippen LogP) is 2.77. The van der Waals surface area contributed by atoms with Gasteiger partial charge in [-0.2, -0.15) is 0 Å². The highest BCUT2D eigenvalue weighted by Gasteiger charge is 2.36. The van der Waals surface area contributed by atoms with Crippen molar-refractivity contribution in [3.8, 4) is 0 Å². The molecule has 3 heteroatoms. The second-order valence-corrected chi connectivity index (χ2v) is 5.27. The van der Waals surface area contributed by atoms with Gasteiger partial charge in [-0.1, -0.05) is 29.8 Å². The minimum Gasteiger partial charge on any atom is -0.387 e. The van der Waals surface area contributed by atoms with Crippen molar-refractivity contribution in [2.45, 2.75) is 18.9 Å². The fourth-order valence-corrected chi connectivity index (χ4v) is 3.02. The van der Waals surface area contributed by atoms with E-state index in [1.165, 1.54) is 0 Å². The molecule has 0 aromatic heterocycles. The molecular weight excluding hydrogens is 234 g/mol. The monoisotopic (exact) mass is 249 g/mol. The Morgan fingerprint density at radius 2 is 1.94 bits per heavy atom. The lowest BCUT2D eigenvalue weighted by molar-refractivity contribution is 0.0215. The van der Waals surface area contributed by atoms with Crippen LogP contribution in [0.5, 0.6) is 0 Å². The Morgan fingerprint density at radius 3 is 2.59 bits per heavy atom. The molecule has 0 amide bonds. The standard InChI is InChI=1S/C14H16ClNO/c15-12-4-2-1-3-11(12)9-13-14(17)10-5-7-16(13)8-6-10/h1-4,9-10,14,17H,5-8H2/b13-9+/t14-/m0/s1. The SMILES string of the molecule is O[C@@H]1/C(=C\c2ccccc2Cl)N2CCC1CC2. The van der Waals surface area contributed by atoms with Gasteiger partial charge in [-0.25, -0.2) is 0 Å². The fourth-order valence-electron chi connectivity index (χ4n) is 2.83. The van der Waals surface area contributed by atoms with Crippen LogP contribution in [-0.2, 0) is 0 Å². The summed E-state index contributed by atoms with van der Waals surface area (Å²) in [6.07, 6.45) is 3.95. The lowest BCUT2D eigenvalue weighted by Crippen LogP contribution is -2.48. The third kappa shape index (κ3) is 1.96. The maximum Gasteiger partial charge on any atom is 0.0965 e. The number of rotatable bonds is 1. The Balaban J connectivity index is 1.96. The van der Waals surface area contributed by atoms with Gasteiger partial charge >= 0.3 is 0 Å². The number of piperidine rings is 3. The second-order valence-electron chi connectivity index (χ2n) is 4.86. The smallest absolute Gasteiger partial charge is 0.0965 e. The first-order valence-electron chi connectivity index (χ1n) is 6.15. The normalized spacial score (nSPS) is 30.0. The molecule has 3 heterocycles. The second kappa shape index (κ2) is 4.35. The number of halogens is 1. The highest BCUT2D eigenvalue weighted by Crippen LogP contribution is 2.36. The molecule has 3 aliphatic rings. The van der Waals surface area contributed by atoms with E-state index in [2.05, 4.69) is 4.90 Å². The van der Waals surface area contributed by atoms with Gasteiger partial charge in [0.15, 0.2) is 0 Å². The molecule has 0 saturated carbocycles. The van der Waals surface area contributed by atoms with E-state index in [0.717, 1.165) is 42.2 Å². The van der Waals surface area contributed by atoms with Crippen LogP contribution in [0, 0.1) is 5.92 Å². The van der Waals surface area contributed by atoms with Gasteiger partial charge in [0.05, 0.1) is 6.10 Å². The van der Waals surface area contributed by atoms with Crippen LogP contribution in [-0.4, -0.2) is 29.2 Å². The molecule has 3 saturated heterocycles. The minimum atomic E-state index is -0.311. The van der Waals surface area contributed by atoms with Gasteiger partial charge in [0.1, 0.15) is 0 Å². The van der Waals surface area contributed by atoms with Crippen LogP contribution in [0.3, 0.4) is 0 Å². The summed E-state index contributed by atoms with van der Waals surface area (Å²) in [5.41, 5.74) is 2.04. The summed E-state index contributed by atoms with van der Waals surface area (Å²) >= 11 is 6.15. The lowest BCUT2D eigenvalue weighted by Gasteiger charge is -2.46. The van der Waals surface area contributed by atoms with Crippen LogP contribution in [0.2, 0.25) is 5.02 Å².